The highest BCUT2D eigenvalue weighted by Gasteiger charge is 2.51. The van der Waals surface area contributed by atoms with E-state index in [1.54, 1.807) is 29.2 Å². The molecule has 9 heteroatoms. The number of rotatable bonds is 11. The van der Waals surface area contributed by atoms with Crippen molar-refractivity contribution < 1.29 is 34.4 Å². The minimum absolute atomic E-state index is 0.0680. The Morgan fingerprint density at radius 3 is 2.71 bits per heavy atom. The predicted octanol–water partition coefficient (Wildman–Crippen LogP) is 1.01. The van der Waals surface area contributed by atoms with E-state index in [0.29, 0.717) is 47.1 Å². The molecule has 0 bridgehead atoms. The number of ether oxygens (including phenoxy) is 2. The van der Waals surface area contributed by atoms with Crippen molar-refractivity contribution in [3.8, 4) is 11.5 Å². The van der Waals surface area contributed by atoms with Crippen molar-refractivity contribution in [1.82, 2.24) is 10.2 Å². The minimum atomic E-state index is -1.09. The van der Waals surface area contributed by atoms with E-state index in [1.165, 1.54) is 7.11 Å². The van der Waals surface area contributed by atoms with Gasteiger partial charge in [0.25, 0.3) is 0 Å². The third kappa shape index (κ3) is 5.07. The van der Waals surface area contributed by atoms with E-state index in [9.17, 15) is 24.9 Å². The largest absolute Gasteiger partial charge is 0.493 e. The zero-order valence-electron chi connectivity index (χ0n) is 20.0. The molecule has 0 radical (unpaired) electrons. The highest BCUT2D eigenvalue weighted by atomic mass is 16.5. The molecule has 1 aromatic rings. The molecule has 190 valence electrons. The smallest absolute Gasteiger partial charge is 0.247 e. The van der Waals surface area contributed by atoms with Crippen molar-refractivity contribution in [2.75, 3.05) is 26.8 Å². The number of nitrogens with zero attached hydrogens (tertiary/aromatic N) is 1. The summed E-state index contributed by atoms with van der Waals surface area (Å²) in [5.74, 6) is 0.0497. The van der Waals surface area contributed by atoms with Crippen molar-refractivity contribution >= 4 is 11.8 Å². The SMILES string of the molecule is C=CCCC(=O)N(CC1CC1)C1C=C(C(=O)NCCO)C2c3cc(CO)cc(OC)c3OC2C1O. The summed E-state index contributed by atoms with van der Waals surface area (Å²) in [6.45, 7) is 3.82. The molecule has 4 rings (SSSR count). The lowest BCUT2D eigenvalue weighted by molar-refractivity contribution is -0.137. The second-order valence-electron chi connectivity index (χ2n) is 9.33. The van der Waals surface area contributed by atoms with Gasteiger partial charge in [0.2, 0.25) is 11.8 Å². The second-order valence-corrected chi connectivity index (χ2v) is 9.33. The quantitative estimate of drug-likeness (QED) is 0.344. The van der Waals surface area contributed by atoms with E-state index in [1.807, 2.05) is 0 Å². The molecule has 0 spiro atoms. The molecular weight excluding hydrogens is 452 g/mol. The van der Waals surface area contributed by atoms with Crippen LogP contribution in [0, 0.1) is 5.92 Å². The number of aliphatic hydroxyl groups excluding tert-OH is 3. The highest BCUT2D eigenvalue weighted by Crippen LogP contribution is 2.51. The van der Waals surface area contributed by atoms with E-state index in [0.717, 1.165) is 12.8 Å². The van der Waals surface area contributed by atoms with Gasteiger partial charge in [0.05, 0.1) is 32.3 Å². The molecule has 3 aliphatic rings. The van der Waals surface area contributed by atoms with Gasteiger partial charge in [-0.25, -0.2) is 0 Å². The molecule has 1 heterocycles. The van der Waals surface area contributed by atoms with Crippen LogP contribution in [0.5, 0.6) is 11.5 Å². The first-order chi connectivity index (χ1) is 16.9. The molecule has 1 aromatic carbocycles. The van der Waals surface area contributed by atoms with Crippen LogP contribution in [0.15, 0.2) is 36.4 Å². The van der Waals surface area contributed by atoms with Gasteiger partial charge in [0.1, 0.15) is 12.2 Å². The molecule has 1 saturated carbocycles. The Labute approximate surface area is 205 Å². The molecule has 1 fully saturated rings. The molecular formula is C26H34N2O7. The number of nitrogens with one attached hydrogen (secondary N) is 1. The topological polar surface area (TPSA) is 129 Å². The van der Waals surface area contributed by atoms with Crippen molar-refractivity contribution in [3.63, 3.8) is 0 Å². The zero-order chi connectivity index (χ0) is 25.1. The Balaban J connectivity index is 1.77. The van der Waals surface area contributed by atoms with Crippen LogP contribution in [0.3, 0.4) is 0 Å². The predicted molar refractivity (Wildman–Crippen MR) is 128 cm³/mol. The summed E-state index contributed by atoms with van der Waals surface area (Å²) in [6.07, 6.45) is 4.28. The van der Waals surface area contributed by atoms with Gasteiger partial charge in [0, 0.05) is 30.6 Å². The lowest BCUT2D eigenvalue weighted by Crippen LogP contribution is -2.56. The normalized spacial score (nSPS) is 24.5. The molecule has 2 aliphatic carbocycles. The van der Waals surface area contributed by atoms with Gasteiger partial charge in [-0.2, -0.15) is 0 Å². The number of methoxy groups -OCH3 is 1. The van der Waals surface area contributed by atoms with E-state index in [4.69, 9.17) is 9.47 Å². The van der Waals surface area contributed by atoms with Crippen LogP contribution < -0.4 is 14.8 Å². The van der Waals surface area contributed by atoms with Crippen LogP contribution in [0.1, 0.15) is 42.7 Å². The van der Waals surface area contributed by atoms with Gasteiger partial charge in [0.15, 0.2) is 11.5 Å². The van der Waals surface area contributed by atoms with Crippen LogP contribution in [0.2, 0.25) is 0 Å². The number of amides is 2. The summed E-state index contributed by atoms with van der Waals surface area (Å²) in [4.78, 5) is 28.1. The maximum Gasteiger partial charge on any atom is 0.247 e. The Hall–Kier alpha value is -2.88. The maximum atomic E-state index is 13.2. The molecule has 9 nitrogen and oxygen atoms in total. The van der Waals surface area contributed by atoms with Crippen molar-refractivity contribution in [2.24, 2.45) is 5.92 Å². The summed E-state index contributed by atoms with van der Waals surface area (Å²) < 4.78 is 11.7. The summed E-state index contributed by atoms with van der Waals surface area (Å²) >= 11 is 0. The first kappa shape index (κ1) is 25.2. The molecule has 4 atom stereocenters. The summed E-state index contributed by atoms with van der Waals surface area (Å²) in [5, 5.41) is 33.2. The van der Waals surface area contributed by atoms with Gasteiger partial charge in [-0.3, -0.25) is 9.59 Å². The summed E-state index contributed by atoms with van der Waals surface area (Å²) in [5.41, 5.74) is 1.58. The average Bonchev–Trinajstić information content (AvgIpc) is 3.61. The van der Waals surface area contributed by atoms with E-state index in [-0.39, 0.29) is 32.1 Å². The summed E-state index contributed by atoms with van der Waals surface area (Å²) in [7, 11) is 1.49. The highest BCUT2D eigenvalue weighted by molar-refractivity contribution is 5.96. The van der Waals surface area contributed by atoms with Crippen molar-refractivity contribution in [2.45, 2.75) is 56.5 Å². The van der Waals surface area contributed by atoms with Crippen LogP contribution >= 0.6 is 0 Å². The Morgan fingerprint density at radius 2 is 2.09 bits per heavy atom. The van der Waals surface area contributed by atoms with Gasteiger partial charge in [-0.05, 0) is 49.0 Å². The number of hydrogen-bond donors (Lipinski definition) is 4. The fourth-order valence-corrected chi connectivity index (χ4v) is 4.96. The molecule has 4 unspecified atom stereocenters. The van der Waals surface area contributed by atoms with Crippen molar-refractivity contribution in [3.05, 3.63) is 47.6 Å². The number of benzene rings is 1. The molecule has 0 aromatic heterocycles. The van der Waals surface area contributed by atoms with Gasteiger partial charge < -0.3 is 35.0 Å². The molecule has 4 N–H and O–H groups in total. The molecule has 0 saturated heterocycles. The number of carbonyl (C=O) groups excluding carboxylic acids is 2. The maximum absolute atomic E-state index is 13.2. The number of carbonyl (C=O) groups is 2. The van der Waals surface area contributed by atoms with Crippen molar-refractivity contribution in [1.29, 1.82) is 0 Å². The lowest BCUT2D eigenvalue weighted by atomic mass is 9.77. The minimum Gasteiger partial charge on any atom is -0.493 e. The first-order valence-corrected chi connectivity index (χ1v) is 12.1. The van der Waals surface area contributed by atoms with E-state index < -0.39 is 30.1 Å². The number of fused-ring (bicyclic) bond motifs is 3. The van der Waals surface area contributed by atoms with Gasteiger partial charge in [-0.15, -0.1) is 6.58 Å². The number of aliphatic hydroxyl groups is 3. The van der Waals surface area contributed by atoms with Crippen LogP contribution in [-0.4, -0.2) is 77.1 Å². The number of hydrogen-bond acceptors (Lipinski definition) is 7. The van der Waals surface area contributed by atoms with Crippen LogP contribution in [0.25, 0.3) is 0 Å². The van der Waals surface area contributed by atoms with E-state index >= 15 is 0 Å². The fourth-order valence-electron chi connectivity index (χ4n) is 4.96. The molecule has 2 amide bonds. The monoisotopic (exact) mass is 486 g/mol. The second kappa shape index (κ2) is 10.8. The third-order valence-corrected chi connectivity index (χ3v) is 6.89. The Morgan fingerprint density at radius 1 is 1.31 bits per heavy atom. The van der Waals surface area contributed by atoms with Crippen LogP contribution in [-0.2, 0) is 16.2 Å². The van der Waals surface area contributed by atoms with E-state index in [2.05, 4.69) is 11.9 Å². The van der Waals surface area contributed by atoms with Gasteiger partial charge in [-0.1, -0.05) is 6.08 Å². The molecule has 1 aliphatic heterocycles. The lowest BCUT2D eigenvalue weighted by Gasteiger charge is -2.41. The third-order valence-electron chi connectivity index (χ3n) is 6.89. The Bertz CT molecular complexity index is 1000. The number of allylic oxidation sites excluding steroid dienone is 1. The first-order valence-electron chi connectivity index (χ1n) is 12.1. The average molecular weight is 487 g/mol. The van der Waals surface area contributed by atoms with Gasteiger partial charge >= 0.3 is 0 Å². The fraction of sp³-hybridized carbons (Fsp3) is 0.538. The standard InChI is InChI=1S/C26H34N2O7/c1-3-4-5-21(31)28(13-15-6-7-15)19-12-18(26(33)27-8-9-29)22-17-10-16(14-30)11-20(34-2)24(17)35-25(22)23(19)32/h3,10-12,15,19,22-23,25,29-30,32H,1,4-9,13-14H2,2H3,(H,27,33). The summed E-state index contributed by atoms with van der Waals surface area (Å²) in [6, 6.07) is 2.66. The molecule has 35 heavy (non-hydrogen) atoms. The zero-order valence-corrected chi connectivity index (χ0v) is 20.0. The Kier molecular flexibility index (Phi) is 7.78. The van der Waals surface area contributed by atoms with Crippen LogP contribution in [0.4, 0.5) is 0 Å².